The van der Waals surface area contributed by atoms with Gasteiger partial charge in [0.2, 0.25) is 5.91 Å². The van der Waals surface area contributed by atoms with Crippen molar-refractivity contribution < 1.29 is 9.90 Å². The molecule has 27 heavy (non-hydrogen) atoms. The number of fused-ring (bicyclic) bond motifs is 1. The van der Waals surface area contributed by atoms with E-state index < -0.39 is 0 Å². The van der Waals surface area contributed by atoms with Gasteiger partial charge in [-0.25, -0.2) is 0 Å². The van der Waals surface area contributed by atoms with Crippen molar-refractivity contribution in [2.45, 2.75) is 25.9 Å². The summed E-state index contributed by atoms with van der Waals surface area (Å²) in [5.74, 6) is 1.28. The van der Waals surface area contributed by atoms with Crippen molar-refractivity contribution in [1.82, 2.24) is 15.2 Å². The van der Waals surface area contributed by atoms with E-state index in [0.29, 0.717) is 12.5 Å². The number of nitrogens with zero attached hydrogens (tertiary/aromatic N) is 3. The second kappa shape index (κ2) is 7.48. The number of hydrogen-bond acceptors (Lipinski definition) is 5. The first-order valence-corrected chi connectivity index (χ1v) is 9.36. The van der Waals surface area contributed by atoms with Gasteiger partial charge in [-0.15, -0.1) is 0 Å². The predicted octanol–water partition coefficient (Wildman–Crippen LogP) is 1.69. The number of amidine groups is 1. The van der Waals surface area contributed by atoms with E-state index in [1.807, 2.05) is 49.5 Å². The molecule has 0 spiro atoms. The number of carbonyl (C=O) groups is 1. The first-order valence-electron chi connectivity index (χ1n) is 9.36. The first-order chi connectivity index (χ1) is 13.1. The Kier molecular flexibility index (Phi) is 4.90. The van der Waals surface area contributed by atoms with Gasteiger partial charge in [-0.1, -0.05) is 30.3 Å². The molecule has 1 saturated heterocycles. The van der Waals surface area contributed by atoms with Crippen molar-refractivity contribution >= 4 is 11.7 Å². The Labute approximate surface area is 159 Å². The van der Waals surface area contributed by atoms with E-state index in [1.165, 1.54) is 0 Å². The number of aliphatic hydroxyl groups excluding tert-OH is 1. The number of hydrogen-bond donors (Lipinski definition) is 2. The summed E-state index contributed by atoms with van der Waals surface area (Å²) in [6.45, 7) is 4.52. The summed E-state index contributed by atoms with van der Waals surface area (Å²) < 4.78 is 0. The number of rotatable bonds is 5. The molecule has 2 aliphatic rings. The van der Waals surface area contributed by atoms with Crippen LogP contribution in [0.1, 0.15) is 35.3 Å². The zero-order valence-electron chi connectivity index (χ0n) is 15.4. The molecule has 1 amide bonds. The SMILES string of the molecule is C[C@@H](NC(=O)Cc1cc2c(cn1)C(N1CC(CO)C1)=NC2)c1ccccc1. The summed E-state index contributed by atoms with van der Waals surface area (Å²) in [5, 5.41) is 12.2. The van der Waals surface area contributed by atoms with E-state index in [2.05, 4.69) is 20.2 Å². The lowest BCUT2D eigenvalue weighted by molar-refractivity contribution is -0.121. The number of nitrogens with one attached hydrogen (secondary N) is 1. The second-order valence-corrected chi connectivity index (χ2v) is 7.30. The van der Waals surface area contributed by atoms with E-state index in [9.17, 15) is 9.90 Å². The van der Waals surface area contributed by atoms with Crippen LogP contribution in [0.25, 0.3) is 0 Å². The lowest BCUT2D eigenvalue weighted by Crippen LogP contribution is -2.51. The number of pyridine rings is 1. The normalized spacial score (nSPS) is 17.1. The monoisotopic (exact) mass is 364 g/mol. The first kappa shape index (κ1) is 17.7. The fourth-order valence-corrected chi connectivity index (χ4v) is 3.63. The van der Waals surface area contributed by atoms with Crippen molar-refractivity contribution in [2.24, 2.45) is 10.9 Å². The van der Waals surface area contributed by atoms with Crippen LogP contribution in [0.5, 0.6) is 0 Å². The van der Waals surface area contributed by atoms with Crippen molar-refractivity contribution in [1.29, 1.82) is 0 Å². The number of likely N-dealkylation sites (tertiary alicyclic amines) is 1. The van der Waals surface area contributed by atoms with Gasteiger partial charge >= 0.3 is 0 Å². The molecule has 1 aromatic carbocycles. The van der Waals surface area contributed by atoms with Gasteiger partial charge in [0.15, 0.2) is 0 Å². The van der Waals surface area contributed by atoms with Gasteiger partial charge in [-0.05, 0) is 24.1 Å². The topological polar surface area (TPSA) is 77.8 Å². The molecule has 2 N–H and O–H groups in total. The molecule has 2 aromatic rings. The third-order valence-corrected chi connectivity index (χ3v) is 5.22. The van der Waals surface area contributed by atoms with Gasteiger partial charge < -0.3 is 15.3 Å². The van der Waals surface area contributed by atoms with Crippen LogP contribution in [0.2, 0.25) is 0 Å². The molecule has 140 valence electrons. The summed E-state index contributed by atoms with van der Waals surface area (Å²) >= 11 is 0. The largest absolute Gasteiger partial charge is 0.396 e. The summed E-state index contributed by atoms with van der Waals surface area (Å²) in [6, 6.07) is 11.9. The van der Waals surface area contributed by atoms with Gasteiger partial charge in [0.05, 0.1) is 24.7 Å². The second-order valence-electron chi connectivity index (χ2n) is 7.30. The molecule has 6 nitrogen and oxygen atoms in total. The number of benzene rings is 1. The average Bonchev–Trinajstić information content (AvgIpc) is 3.04. The van der Waals surface area contributed by atoms with Crippen LogP contribution in [0, 0.1) is 5.92 Å². The Hall–Kier alpha value is -2.73. The van der Waals surface area contributed by atoms with Crippen molar-refractivity contribution in [3.8, 4) is 0 Å². The van der Waals surface area contributed by atoms with Crippen LogP contribution in [-0.4, -0.2) is 46.4 Å². The van der Waals surface area contributed by atoms with Crippen molar-refractivity contribution in [2.75, 3.05) is 19.7 Å². The average molecular weight is 364 g/mol. The Balaban J connectivity index is 1.37. The third-order valence-electron chi connectivity index (χ3n) is 5.22. The predicted molar refractivity (Wildman–Crippen MR) is 103 cm³/mol. The van der Waals surface area contributed by atoms with Gasteiger partial charge in [0.1, 0.15) is 5.84 Å². The summed E-state index contributed by atoms with van der Waals surface area (Å²) in [5.41, 5.74) is 4.01. The molecule has 0 aliphatic carbocycles. The van der Waals surface area contributed by atoms with Gasteiger partial charge in [0, 0.05) is 37.4 Å². The Morgan fingerprint density at radius 2 is 2.11 bits per heavy atom. The van der Waals surface area contributed by atoms with Crippen LogP contribution < -0.4 is 5.32 Å². The van der Waals surface area contributed by atoms with E-state index in [4.69, 9.17) is 0 Å². The molecule has 6 heteroatoms. The number of aliphatic hydroxyl groups is 1. The van der Waals surface area contributed by atoms with E-state index >= 15 is 0 Å². The number of aromatic nitrogens is 1. The fourth-order valence-electron chi connectivity index (χ4n) is 3.63. The maximum atomic E-state index is 12.4. The summed E-state index contributed by atoms with van der Waals surface area (Å²) in [7, 11) is 0. The van der Waals surface area contributed by atoms with E-state index in [1.54, 1.807) is 0 Å². The molecule has 0 bridgehead atoms. The smallest absolute Gasteiger partial charge is 0.226 e. The molecular formula is C21H24N4O2. The minimum Gasteiger partial charge on any atom is -0.396 e. The maximum Gasteiger partial charge on any atom is 0.226 e. The van der Waals surface area contributed by atoms with Crippen molar-refractivity contribution in [3.63, 3.8) is 0 Å². The number of carbonyl (C=O) groups excluding carboxylic acids is 1. The van der Waals surface area contributed by atoms with Gasteiger partial charge in [-0.3, -0.25) is 14.8 Å². The van der Waals surface area contributed by atoms with Gasteiger partial charge in [-0.2, -0.15) is 0 Å². The lowest BCUT2D eigenvalue weighted by atomic mass is 9.99. The summed E-state index contributed by atoms with van der Waals surface area (Å²) in [4.78, 5) is 23.7. The molecule has 1 aromatic heterocycles. The number of aliphatic imine (C=N–C) groups is 1. The standard InChI is InChI=1S/C21H24N4O2/c1-14(16-5-3-2-4-6-16)24-20(27)8-18-7-17-9-23-21(19(17)10-22-18)25-11-15(12-25)13-26/h2-7,10,14-15,26H,8-9,11-13H2,1H3,(H,24,27)/t14-/m1/s1. The maximum absolute atomic E-state index is 12.4. The molecule has 1 fully saturated rings. The van der Waals surface area contributed by atoms with Crippen LogP contribution in [-0.2, 0) is 17.8 Å². The van der Waals surface area contributed by atoms with Crippen LogP contribution in [0.3, 0.4) is 0 Å². The molecule has 0 saturated carbocycles. The molecule has 4 rings (SSSR count). The highest BCUT2D eigenvalue weighted by molar-refractivity contribution is 6.02. The molecular weight excluding hydrogens is 340 g/mol. The quantitative estimate of drug-likeness (QED) is 0.846. The fraction of sp³-hybridized carbons (Fsp3) is 0.381. The van der Waals surface area contributed by atoms with Crippen LogP contribution >= 0.6 is 0 Å². The Morgan fingerprint density at radius 1 is 1.33 bits per heavy atom. The molecule has 2 aliphatic heterocycles. The molecule has 1 atom stereocenters. The zero-order chi connectivity index (χ0) is 18.8. The minimum absolute atomic E-state index is 0.0334. The number of amides is 1. The molecule has 0 unspecified atom stereocenters. The highest BCUT2D eigenvalue weighted by atomic mass is 16.3. The van der Waals surface area contributed by atoms with Crippen LogP contribution in [0.4, 0.5) is 0 Å². The summed E-state index contributed by atoms with van der Waals surface area (Å²) in [6.07, 6.45) is 2.09. The zero-order valence-corrected chi connectivity index (χ0v) is 15.4. The highest BCUT2D eigenvalue weighted by Crippen LogP contribution is 2.26. The third kappa shape index (κ3) is 3.71. The van der Waals surface area contributed by atoms with E-state index in [0.717, 1.165) is 41.3 Å². The minimum atomic E-state index is -0.0357. The van der Waals surface area contributed by atoms with E-state index in [-0.39, 0.29) is 25.0 Å². The highest BCUT2D eigenvalue weighted by Gasteiger charge is 2.32. The lowest BCUT2D eigenvalue weighted by Gasteiger charge is -2.40. The Bertz CT molecular complexity index is 860. The Morgan fingerprint density at radius 3 is 2.85 bits per heavy atom. The molecule has 0 radical (unpaired) electrons. The molecule has 3 heterocycles. The van der Waals surface area contributed by atoms with Crippen LogP contribution in [0.15, 0.2) is 47.6 Å². The van der Waals surface area contributed by atoms with Crippen molar-refractivity contribution in [3.05, 3.63) is 65.0 Å². The van der Waals surface area contributed by atoms with Gasteiger partial charge in [0.25, 0.3) is 0 Å².